The maximum Gasteiger partial charge on any atom is 0.234 e. The van der Waals surface area contributed by atoms with E-state index in [4.69, 9.17) is 4.74 Å². The van der Waals surface area contributed by atoms with Gasteiger partial charge in [-0.15, -0.1) is 10.2 Å². The first-order chi connectivity index (χ1) is 14.0. The highest BCUT2D eigenvalue weighted by atomic mass is 32.2. The van der Waals surface area contributed by atoms with Crippen molar-refractivity contribution in [2.24, 2.45) is 7.05 Å². The highest BCUT2D eigenvalue weighted by Gasteiger charge is 2.16. The van der Waals surface area contributed by atoms with E-state index >= 15 is 0 Å². The molecule has 1 heterocycles. The van der Waals surface area contributed by atoms with E-state index in [2.05, 4.69) is 15.5 Å². The van der Waals surface area contributed by atoms with E-state index < -0.39 is 0 Å². The molecule has 0 radical (unpaired) electrons. The lowest BCUT2D eigenvalue weighted by molar-refractivity contribution is -0.113. The van der Waals surface area contributed by atoms with Crippen LogP contribution in [0.5, 0.6) is 5.75 Å². The molecule has 0 spiro atoms. The quantitative estimate of drug-likeness (QED) is 0.449. The van der Waals surface area contributed by atoms with Crippen LogP contribution in [-0.4, -0.2) is 38.8 Å². The zero-order chi connectivity index (χ0) is 20.8. The van der Waals surface area contributed by atoms with Crippen molar-refractivity contribution in [1.29, 1.82) is 0 Å². The standard InChI is InChI=1S/C21H22N4O3S/c1-4-28-18-8-6-5-7-17(18)20-23-24-21(25(20)3)29-13-19(27)22-16-11-9-15(10-12-16)14(2)26/h5-12H,4,13H2,1-3H3,(H,22,27). The lowest BCUT2D eigenvalue weighted by atomic mass is 10.1. The number of ketones is 1. The van der Waals surface area contributed by atoms with E-state index in [0.717, 1.165) is 11.3 Å². The first-order valence-electron chi connectivity index (χ1n) is 9.14. The molecule has 3 rings (SSSR count). The summed E-state index contributed by atoms with van der Waals surface area (Å²) in [6, 6.07) is 14.5. The topological polar surface area (TPSA) is 86.1 Å². The van der Waals surface area contributed by atoms with Crippen LogP contribution in [0.25, 0.3) is 11.4 Å². The molecule has 3 aromatic rings. The van der Waals surface area contributed by atoms with Crippen LogP contribution in [0.2, 0.25) is 0 Å². The summed E-state index contributed by atoms with van der Waals surface area (Å²) in [6.07, 6.45) is 0. The summed E-state index contributed by atoms with van der Waals surface area (Å²) in [5.41, 5.74) is 2.10. The number of thioether (sulfide) groups is 1. The number of Topliss-reactive ketones (excluding diaryl/α,β-unsaturated/α-hetero) is 1. The first-order valence-corrected chi connectivity index (χ1v) is 10.1. The summed E-state index contributed by atoms with van der Waals surface area (Å²) >= 11 is 1.30. The van der Waals surface area contributed by atoms with Crippen molar-refractivity contribution in [3.63, 3.8) is 0 Å². The van der Waals surface area contributed by atoms with Crippen LogP contribution in [0.4, 0.5) is 5.69 Å². The SMILES string of the molecule is CCOc1ccccc1-c1nnc(SCC(=O)Nc2ccc(C(C)=O)cc2)n1C. The van der Waals surface area contributed by atoms with Crippen molar-refractivity contribution >= 4 is 29.1 Å². The molecule has 1 N–H and O–H groups in total. The predicted molar refractivity (Wildman–Crippen MR) is 113 cm³/mol. The molecule has 7 nitrogen and oxygen atoms in total. The molecule has 0 fully saturated rings. The number of nitrogens with zero attached hydrogens (tertiary/aromatic N) is 3. The first kappa shape index (κ1) is 20.6. The van der Waals surface area contributed by atoms with Crippen molar-refractivity contribution in [2.45, 2.75) is 19.0 Å². The van der Waals surface area contributed by atoms with E-state index in [9.17, 15) is 9.59 Å². The second-order valence-electron chi connectivity index (χ2n) is 6.26. The number of aromatic nitrogens is 3. The summed E-state index contributed by atoms with van der Waals surface area (Å²) in [5.74, 6) is 1.44. The summed E-state index contributed by atoms with van der Waals surface area (Å²) in [4.78, 5) is 23.6. The molecule has 1 aromatic heterocycles. The third-order valence-electron chi connectivity index (χ3n) is 4.17. The number of hydrogen-bond donors (Lipinski definition) is 1. The molecule has 29 heavy (non-hydrogen) atoms. The smallest absolute Gasteiger partial charge is 0.234 e. The number of nitrogens with one attached hydrogen (secondary N) is 1. The minimum Gasteiger partial charge on any atom is -0.493 e. The molecule has 0 saturated heterocycles. The van der Waals surface area contributed by atoms with Crippen molar-refractivity contribution in [1.82, 2.24) is 14.8 Å². The van der Waals surface area contributed by atoms with Crippen LogP contribution < -0.4 is 10.1 Å². The average molecular weight is 410 g/mol. The summed E-state index contributed by atoms with van der Waals surface area (Å²) in [7, 11) is 1.86. The average Bonchev–Trinajstić information content (AvgIpc) is 3.08. The van der Waals surface area contributed by atoms with Gasteiger partial charge in [-0.3, -0.25) is 9.59 Å². The number of anilines is 1. The Labute approximate surface area is 173 Å². The fraction of sp³-hybridized carbons (Fsp3) is 0.238. The molecule has 0 aliphatic carbocycles. The van der Waals surface area contributed by atoms with Crippen LogP contribution in [0, 0.1) is 0 Å². The van der Waals surface area contributed by atoms with Gasteiger partial charge < -0.3 is 14.6 Å². The van der Waals surface area contributed by atoms with Crippen molar-refractivity contribution in [3.05, 3.63) is 54.1 Å². The molecular formula is C21H22N4O3S. The normalized spacial score (nSPS) is 10.6. The predicted octanol–water partition coefficient (Wildman–Crippen LogP) is 3.81. The van der Waals surface area contributed by atoms with Crippen molar-refractivity contribution in [3.8, 4) is 17.1 Å². The molecule has 0 bridgehead atoms. The molecule has 0 saturated carbocycles. The second-order valence-corrected chi connectivity index (χ2v) is 7.21. The molecule has 0 aliphatic heterocycles. The van der Waals surface area contributed by atoms with Crippen LogP contribution in [0.3, 0.4) is 0 Å². The zero-order valence-corrected chi connectivity index (χ0v) is 17.3. The van der Waals surface area contributed by atoms with Gasteiger partial charge in [-0.2, -0.15) is 0 Å². The Balaban J connectivity index is 1.64. The number of benzene rings is 2. The van der Waals surface area contributed by atoms with Gasteiger partial charge in [0.25, 0.3) is 0 Å². The van der Waals surface area contributed by atoms with Gasteiger partial charge in [0.1, 0.15) is 5.75 Å². The van der Waals surface area contributed by atoms with E-state index in [1.165, 1.54) is 18.7 Å². The zero-order valence-electron chi connectivity index (χ0n) is 16.5. The van der Waals surface area contributed by atoms with Crippen LogP contribution in [0.15, 0.2) is 53.7 Å². The fourth-order valence-electron chi connectivity index (χ4n) is 2.72. The van der Waals surface area contributed by atoms with Crippen molar-refractivity contribution in [2.75, 3.05) is 17.7 Å². The third kappa shape index (κ3) is 5.03. The largest absolute Gasteiger partial charge is 0.493 e. The Morgan fingerprint density at radius 2 is 1.83 bits per heavy atom. The van der Waals surface area contributed by atoms with Crippen LogP contribution in [0.1, 0.15) is 24.2 Å². The number of hydrogen-bond acceptors (Lipinski definition) is 6. The summed E-state index contributed by atoms with van der Waals surface area (Å²) in [6.45, 7) is 4.00. The molecule has 1 amide bonds. The molecular weight excluding hydrogens is 388 g/mol. The van der Waals surface area contributed by atoms with E-state index in [0.29, 0.717) is 28.8 Å². The van der Waals surface area contributed by atoms with Crippen LogP contribution in [-0.2, 0) is 11.8 Å². The van der Waals surface area contributed by atoms with Gasteiger partial charge >= 0.3 is 0 Å². The molecule has 0 aliphatic rings. The third-order valence-corrected chi connectivity index (χ3v) is 5.19. The Morgan fingerprint density at radius 3 is 2.52 bits per heavy atom. The van der Waals surface area contributed by atoms with E-state index in [1.54, 1.807) is 24.3 Å². The van der Waals surface area contributed by atoms with Gasteiger partial charge in [0.05, 0.1) is 17.9 Å². The Kier molecular flexibility index (Phi) is 6.66. The molecule has 150 valence electrons. The highest BCUT2D eigenvalue weighted by Crippen LogP contribution is 2.30. The maximum absolute atomic E-state index is 12.3. The fourth-order valence-corrected chi connectivity index (χ4v) is 3.43. The summed E-state index contributed by atoms with van der Waals surface area (Å²) < 4.78 is 7.51. The highest BCUT2D eigenvalue weighted by molar-refractivity contribution is 7.99. The van der Waals surface area contributed by atoms with Gasteiger partial charge in [-0.25, -0.2) is 0 Å². The number of carbonyl (C=O) groups is 2. The number of carbonyl (C=O) groups excluding carboxylic acids is 2. The van der Waals surface area contributed by atoms with Gasteiger partial charge in [-0.05, 0) is 50.2 Å². The minimum atomic E-state index is -0.162. The Bertz CT molecular complexity index is 1020. The monoisotopic (exact) mass is 410 g/mol. The molecule has 8 heteroatoms. The number of amides is 1. The second kappa shape index (κ2) is 9.38. The molecule has 2 aromatic carbocycles. The number of para-hydroxylation sites is 1. The molecule has 0 unspecified atom stereocenters. The minimum absolute atomic E-state index is 0.0116. The van der Waals surface area contributed by atoms with Gasteiger partial charge in [0.15, 0.2) is 16.8 Å². The lowest BCUT2D eigenvalue weighted by Crippen LogP contribution is -2.14. The van der Waals surface area contributed by atoms with E-state index in [1.807, 2.05) is 42.8 Å². The van der Waals surface area contributed by atoms with Gasteiger partial charge in [-0.1, -0.05) is 23.9 Å². The van der Waals surface area contributed by atoms with Gasteiger partial charge in [0.2, 0.25) is 5.91 Å². The Morgan fingerprint density at radius 1 is 1.10 bits per heavy atom. The van der Waals surface area contributed by atoms with Gasteiger partial charge in [0, 0.05) is 18.3 Å². The molecule has 0 atom stereocenters. The lowest BCUT2D eigenvalue weighted by Gasteiger charge is -2.09. The van der Waals surface area contributed by atoms with Crippen molar-refractivity contribution < 1.29 is 14.3 Å². The van der Waals surface area contributed by atoms with Crippen LogP contribution >= 0.6 is 11.8 Å². The summed E-state index contributed by atoms with van der Waals surface area (Å²) in [5, 5.41) is 11.9. The maximum atomic E-state index is 12.3. The van der Waals surface area contributed by atoms with E-state index in [-0.39, 0.29) is 17.4 Å². The Hall–Kier alpha value is -3.13. The number of ether oxygens (including phenoxy) is 1. The number of rotatable bonds is 8.